The molecule has 1 aromatic heterocycles. The van der Waals surface area contributed by atoms with Crippen LogP contribution in [0.15, 0.2) is 16.5 Å². The van der Waals surface area contributed by atoms with Gasteiger partial charge in [-0.2, -0.15) is 15.3 Å². The lowest BCUT2D eigenvalue weighted by molar-refractivity contribution is -0.161. The first-order chi connectivity index (χ1) is 14.3. The van der Waals surface area contributed by atoms with E-state index in [0.717, 1.165) is 12.1 Å². The number of amides is 3. The monoisotopic (exact) mass is 414 g/mol. The second-order valence-electron chi connectivity index (χ2n) is 8.34. The van der Waals surface area contributed by atoms with E-state index in [1.165, 1.54) is 15.9 Å². The molecule has 1 spiro atoms. The van der Waals surface area contributed by atoms with E-state index in [9.17, 15) is 14.4 Å². The van der Waals surface area contributed by atoms with Crippen molar-refractivity contribution in [2.45, 2.75) is 44.7 Å². The summed E-state index contributed by atoms with van der Waals surface area (Å²) < 4.78 is 1.41. The minimum atomic E-state index is -0.871. The molecular weight excluding hydrogens is 388 g/mol. The predicted molar refractivity (Wildman–Crippen MR) is 108 cm³/mol. The van der Waals surface area contributed by atoms with Gasteiger partial charge in [0.05, 0.1) is 24.8 Å². The highest BCUT2D eigenvalue weighted by Gasteiger charge is 2.60. The molecule has 2 atom stereocenters. The van der Waals surface area contributed by atoms with Crippen molar-refractivity contribution in [1.29, 1.82) is 0 Å². The number of hydrogen-bond donors (Lipinski definition) is 1. The fraction of sp³-hybridized carbons (Fsp3) is 0.632. The maximum Gasteiger partial charge on any atom is 0.292 e. The van der Waals surface area contributed by atoms with E-state index < -0.39 is 5.54 Å². The van der Waals surface area contributed by atoms with Gasteiger partial charge in [0.15, 0.2) is 0 Å². The highest BCUT2D eigenvalue weighted by Crippen LogP contribution is 2.39. The maximum atomic E-state index is 13.0. The van der Waals surface area contributed by atoms with Gasteiger partial charge in [0.25, 0.3) is 11.8 Å². The van der Waals surface area contributed by atoms with Crippen molar-refractivity contribution < 1.29 is 14.4 Å². The number of nitrogens with one attached hydrogen (secondary N) is 1. The van der Waals surface area contributed by atoms with Gasteiger partial charge in [0.1, 0.15) is 11.9 Å². The van der Waals surface area contributed by atoms with Crippen LogP contribution in [-0.4, -0.2) is 85.4 Å². The highest BCUT2D eigenvalue weighted by atomic mass is 16.2. The summed E-state index contributed by atoms with van der Waals surface area (Å²) in [6, 6.07) is -0.217. The Labute approximate surface area is 174 Å². The molecule has 30 heavy (non-hydrogen) atoms. The molecule has 3 aliphatic rings. The van der Waals surface area contributed by atoms with Crippen molar-refractivity contribution in [2.75, 3.05) is 19.6 Å². The number of likely N-dealkylation sites (tertiary alicyclic amines) is 2. The number of carbonyl (C=O) groups excluding carboxylic acids is 3. The van der Waals surface area contributed by atoms with E-state index in [0.29, 0.717) is 25.9 Å². The summed E-state index contributed by atoms with van der Waals surface area (Å²) in [7, 11) is 1.65. The van der Waals surface area contributed by atoms with Crippen molar-refractivity contribution in [2.24, 2.45) is 23.2 Å². The quantitative estimate of drug-likeness (QED) is 0.634. The zero-order valence-electron chi connectivity index (χ0n) is 17.4. The summed E-state index contributed by atoms with van der Waals surface area (Å²) in [4.78, 5) is 45.7. The third-order valence-corrected chi connectivity index (χ3v) is 6.02. The average Bonchev–Trinajstić information content (AvgIpc) is 3.46. The van der Waals surface area contributed by atoms with Crippen LogP contribution in [0.3, 0.4) is 0 Å². The Bertz CT molecular complexity index is 936. The van der Waals surface area contributed by atoms with Crippen molar-refractivity contribution in [1.82, 2.24) is 29.9 Å². The van der Waals surface area contributed by atoms with E-state index in [-0.39, 0.29) is 42.1 Å². The van der Waals surface area contributed by atoms with Gasteiger partial charge in [-0.15, -0.1) is 0 Å². The van der Waals surface area contributed by atoms with Crippen molar-refractivity contribution in [3.63, 3.8) is 0 Å². The van der Waals surface area contributed by atoms with Crippen molar-refractivity contribution in [3.8, 4) is 0 Å². The molecule has 1 unspecified atom stereocenters. The zero-order chi connectivity index (χ0) is 21.5. The summed E-state index contributed by atoms with van der Waals surface area (Å²) in [6.07, 6.45) is 4.98. The first kappa shape index (κ1) is 20.2. The summed E-state index contributed by atoms with van der Waals surface area (Å²) in [5.74, 6) is -0.366. The molecule has 160 valence electrons. The van der Waals surface area contributed by atoms with Crippen LogP contribution < -0.4 is 5.32 Å². The molecule has 1 N–H and O–H groups in total. The third-order valence-electron chi connectivity index (χ3n) is 6.02. The summed E-state index contributed by atoms with van der Waals surface area (Å²) in [6.45, 7) is 4.81. The van der Waals surface area contributed by atoms with Crippen LogP contribution in [0.1, 0.15) is 43.7 Å². The van der Waals surface area contributed by atoms with Gasteiger partial charge in [-0.1, -0.05) is 13.8 Å². The molecule has 3 amide bonds. The van der Waals surface area contributed by atoms with E-state index in [2.05, 4.69) is 25.6 Å². The van der Waals surface area contributed by atoms with Gasteiger partial charge < -0.3 is 15.1 Å². The third kappa shape index (κ3) is 3.27. The molecule has 11 nitrogen and oxygen atoms in total. The van der Waals surface area contributed by atoms with Crippen molar-refractivity contribution >= 4 is 29.6 Å². The minimum Gasteiger partial charge on any atom is -0.346 e. The smallest absolute Gasteiger partial charge is 0.292 e. The Morgan fingerprint density at radius 3 is 2.73 bits per heavy atom. The second kappa shape index (κ2) is 7.62. The fourth-order valence-corrected chi connectivity index (χ4v) is 4.46. The molecule has 11 heteroatoms. The van der Waals surface area contributed by atoms with Crippen LogP contribution in [0, 0.1) is 5.92 Å². The summed E-state index contributed by atoms with van der Waals surface area (Å²) in [5, 5.41) is 14.9. The Balaban J connectivity index is 1.39. The number of nitrogens with zero attached hydrogens (tertiary/aromatic N) is 7. The van der Waals surface area contributed by atoms with Crippen LogP contribution in [-0.2, 0) is 16.6 Å². The second-order valence-corrected chi connectivity index (χ2v) is 8.34. The van der Waals surface area contributed by atoms with E-state index in [1.54, 1.807) is 18.2 Å². The molecule has 0 bridgehead atoms. The van der Waals surface area contributed by atoms with E-state index >= 15 is 0 Å². The molecule has 1 aromatic rings. The SMILES string of the molecule is CC(C)[C@H](NC(=O)CN1CC2(CCCN2C(=O)c2ncnn2C)C1=O)C1=NN=CC1. The van der Waals surface area contributed by atoms with Crippen LogP contribution in [0.4, 0.5) is 0 Å². The van der Waals surface area contributed by atoms with Crippen molar-refractivity contribution in [3.05, 3.63) is 12.2 Å². The number of hydrogen-bond acceptors (Lipinski definition) is 7. The van der Waals surface area contributed by atoms with Gasteiger partial charge in [0, 0.05) is 26.2 Å². The minimum absolute atomic E-state index is 0.0378. The lowest BCUT2D eigenvalue weighted by atomic mass is 9.85. The number of aromatic nitrogens is 3. The fourth-order valence-electron chi connectivity index (χ4n) is 4.46. The molecule has 0 saturated carbocycles. The molecule has 3 aliphatic heterocycles. The summed E-state index contributed by atoms with van der Waals surface area (Å²) >= 11 is 0. The first-order valence-electron chi connectivity index (χ1n) is 10.2. The van der Waals surface area contributed by atoms with Gasteiger partial charge in [-0.25, -0.2) is 9.67 Å². The molecule has 0 aliphatic carbocycles. The standard InChI is InChI=1S/C19H26N8O3/c1-12(2)15(13-5-7-21-24-13)23-14(28)9-26-10-19(18(26)30)6-4-8-27(19)17(29)16-20-11-22-25(16)3/h7,11-12,15H,4-6,8-10H2,1-3H3,(H,23,28)/t15-,19?/m0/s1. The van der Waals surface area contributed by atoms with E-state index in [1.807, 2.05) is 13.8 Å². The highest BCUT2D eigenvalue weighted by molar-refractivity contribution is 6.04. The topological polar surface area (TPSA) is 125 Å². The number of carbonyl (C=O) groups is 3. The molecule has 0 aromatic carbocycles. The Hall–Kier alpha value is -3.11. The first-order valence-corrected chi connectivity index (χ1v) is 10.2. The molecule has 4 rings (SSSR count). The van der Waals surface area contributed by atoms with Gasteiger partial charge in [-0.05, 0) is 18.8 Å². The number of rotatable bonds is 6. The van der Waals surface area contributed by atoms with Crippen LogP contribution in [0.2, 0.25) is 0 Å². The largest absolute Gasteiger partial charge is 0.346 e. The molecule has 2 fully saturated rings. The van der Waals surface area contributed by atoms with Crippen LogP contribution in [0.5, 0.6) is 0 Å². The Kier molecular flexibility index (Phi) is 5.12. The average molecular weight is 414 g/mol. The predicted octanol–water partition coefficient (Wildman–Crippen LogP) is -0.397. The van der Waals surface area contributed by atoms with Gasteiger partial charge in [0.2, 0.25) is 11.7 Å². The molecule has 0 radical (unpaired) electrons. The van der Waals surface area contributed by atoms with Crippen LogP contribution >= 0.6 is 0 Å². The van der Waals surface area contributed by atoms with E-state index in [4.69, 9.17) is 0 Å². The lowest BCUT2D eigenvalue weighted by Crippen LogP contribution is -2.73. The molecule has 2 saturated heterocycles. The number of β-lactam (4-membered cyclic amide) rings is 1. The van der Waals surface area contributed by atoms with Gasteiger partial charge in [-0.3, -0.25) is 14.4 Å². The zero-order valence-corrected chi connectivity index (χ0v) is 17.4. The lowest BCUT2D eigenvalue weighted by Gasteiger charge is -2.50. The molecular formula is C19H26N8O3. The number of aryl methyl sites for hydroxylation is 1. The van der Waals surface area contributed by atoms with Gasteiger partial charge >= 0.3 is 0 Å². The normalized spacial score (nSPS) is 23.9. The Morgan fingerprint density at radius 2 is 2.13 bits per heavy atom. The Morgan fingerprint density at radius 1 is 1.33 bits per heavy atom. The molecule has 4 heterocycles. The maximum absolute atomic E-state index is 13.0. The summed E-state index contributed by atoms with van der Waals surface area (Å²) in [5.41, 5.74) is -0.0505. The van der Waals surface area contributed by atoms with Crippen LogP contribution in [0.25, 0.3) is 0 Å².